The number of nitrogens with zero attached hydrogens (tertiary/aromatic N) is 1. The molecule has 176 valence electrons. The van der Waals surface area contributed by atoms with Crippen molar-refractivity contribution < 1.29 is 0 Å². The lowest BCUT2D eigenvalue weighted by Crippen LogP contribution is -2.09. The molecule has 0 radical (unpaired) electrons. The molecule has 0 fully saturated rings. The molecule has 0 aliphatic carbocycles. The third kappa shape index (κ3) is 6.71. The summed E-state index contributed by atoms with van der Waals surface area (Å²) in [6, 6.07) is 23.1. The van der Waals surface area contributed by atoms with Crippen LogP contribution in [0.25, 0.3) is 5.57 Å². The standard InChI is InChI=1S/C31H37N3/c1-6-7-8-9-10-24(3)33-29-20-26(22-32)19-28(21-29)25(4)27-13-17-31(18-14-27)34(5)30-15-11-23(2)12-16-30/h11-22,32-33H,3-4,6-10H2,1-2,5H3. The zero-order valence-electron chi connectivity index (χ0n) is 20.8. The molecule has 3 aromatic carbocycles. The predicted molar refractivity (Wildman–Crippen MR) is 150 cm³/mol. The molecule has 3 rings (SSSR count). The van der Waals surface area contributed by atoms with Crippen LogP contribution in [0.1, 0.15) is 61.3 Å². The molecule has 0 heterocycles. The summed E-state index contributed by atoms with van der Waals surface area (Å²) in [7, 11) is 2.08. The summed E-state index contributed by atoms with van der Waals surface area (Å²) in [4.78, 5) is 2.18. The van der Waals surface area contributed by atoms with Gasteiger partial charge in [-0.3, -0.25) is 0 Å². The Morgan fingerprint density at radius 2 is 1.53 bits per heavy atom. The number of hydrogen-bond acceptors (Lipinski definition) is 3. The predicted octanol–water partition coefficient (Wildman–Crippen LogP) is 8.72. The highest BCUT2D eigenvalue weighted by Crippen LogP contribution is 2.29. The number of hydrogen-bond donors (Lipinski definition) is 2. The van der Waals surface area contributed by atoms with Crippen LogP contribution in [0.3, 0.4) is 0 Å². The van der Waals surface area contributed by atoms with Crippen molar-refractivity contribution in [3.63, 3.8) is 0 Å². The van der Waals surface area contributed by atoms with Crippen molar-refractivity contribution in [3.8, 4) is 0 Å². The summed E-state index contributed by atoms with van der Waals surface area (Å²) < 4.78 is 0. The fourth-order valence-corrected chi connectivity index (χ4v) is 3.98. The molecule has 0 saturated heterocycles. The molecule has 0 spiro atoms. The maximum atomic E-state index is 7.78. The van der Waals surface area contributed by atoms with Gasteiger partial charge in [0.2, 0.25) is 0 Å². The molecule has 0 amide bonds. The SMILES string of the molecule is C=C(CCCCCC)Nc1cc(C=N)cc(C(=C)c2ccc(N(C)c3ccc(C)cc3)cc2)c1. The highest BCUT2D eigenvalue weighted by Gasteiger charge is 2.09. The highest BCUT2D eigenvalue weighted by molar-refractivity contribution is 5.86. The molecule has 0 aromatic heterocycles. The molecule has 0 bridgehead atoms. The first-order chi connectivity index (χ1) is 16.4. The number of nitrogens with one attached hydrogen (secondary N) is 2. The Bertz CT molecular complexity index is 1120. The molecule has 0 unspecified atom stereocenters. The largest absolute Gasteiger partial charge is 0.359 e. The Labute approximate surface area is 205 Å². The van der Waals surface area contributed by atoms with Gasteiger partial charge < -0.3 is 15.6 Å². The third-order valence-corrected chi connectivity index (χ3v) is 6.15. The van der Waals surface area contributed by atoms with Crippen LogP contribution in [0, 0.1) is 12.3 Å². The van der Waals surface area contributed by atoms with Gasteiger partial charge in [0.15, 0.2) is 0 Å². The van der Waals surface area contributed by atoms with Crippen LogP contribution < -0.4 is 10.2 Å². The zero-order chi connectivity index (χ0) is 24.5. The Hall–Kier alpha value is -3.59. The van der Waals surface area contributed by atoms with Crippen LogP contribution in [-0.4, -0.2) is 13.3 Å². The fourth-order valence-electron chi connectivity index (χ4n) is 3.98. The van der Waals surface area contributed by atoms with E-state index in [1.54, 1.807) is 0 Å². The first kappa shape index (κ1) is 25.0. The monoisotopic (exact) mass is 451 g/mol. The van der Waals surface area contributed by atoms with Crippen molar-refractivity contribution >= 4 is 28.8 Å². The van der Waals surface area contributed by atoms with Crippen molar-refractivity contribution in [1.82, 2.24) is 0 Å². The number of allylic oxidation sites excluding steroid dienone is 1. The van der Waals surface area contributed by atoms with Gasteiger partial charge in [-0.2, -0.15) is 0 Å². The van der Waals surface area contributed by atoms with Crippen molar-refractivity contribution in [1.29, 1.82) is 5.41 Å². The van der Waals surface area contributed by atoms with Crippen molar-refractivity contribution in [2.24, 2.45) is 0 Å². The van der Waals surface area contributed by atoms with Gasteiger partial charge in [-0.05, 0) is 84.5 Å². The van der Waals surface area contributed by atoms with Gasteiger partial charge >= 0.3 is 0 Å². The second-order valence-electron chi connectivity index (χ2n) is 8.95. The average molecular weight is 452 g/mol. The molecule has 0 aliphatic heterocycles. The fraction of sp³-hybridized carbons (Fsp3) is 0.258. The minimum atomic E-state index is 0.843. The Morgan fingerprint density at radius 1 is 0.882 bits per heavy atom. The van der Waals surface area contributed by atoms with Gasteiger partial charge in [0.05, 0.1) is 0 Å². The van der Waals surface area contributed by atoms with Gasteiger partial charge in [-0.15, -0.1) is 0 Å². The average Bonchev–Trinajstić information content (AvgIpc) is 2.86. The molecule has 0 aliphatic rings. The molecular formula is C31H37N3. The maximum absolute atomic E-state index is 7.78. The second kappa shape index (κ2) is 12.0. The van der Waals surface area contributed by atoms with Gasteiger partial charge in [-0.1, -0.05) is 69.2 Å². The lowest BCUT2D eigenvalue weighted by atomic mass is 9.97. The van der Waals surface area contributed by atoms with E-state index >= 15 is 0 Å². The van der Waals surface area contributed by atoms with E-state index in [1.807, 2.05) is 12.1 Å². The van der Waals surface area contributed by atoms with Gasteiger partial charge in [-0.25, -0.2) is 0 Å². The van der Waals surface area contributed by atoms with Gasteiger partial charge in [0.25, 0.3) is 0 Å². The lowest BCUT2D eigenvalue weighted by Gasteiger charge is -2.20. The molecule has 3 heteroatoms. The maximum Gasteiger partial charge on any atom is 0.0408 e. The van der Waals surface area contributed by atoms with E-state index in [2.05, 4.69) is 98.9 Å². The van der Waals surface area contributed by atoms with Crippen LogP contribution in [-0.2, 0) is 0 Å². The van der Waals surface area contributed by atoms with Crippen LogP contribution in [0.2, 0.25) is 0 Å². The van der Waals surface area contributed by atoms with Crippen molar-refractivity contribution in [2.75, 3.05) is 17.3 Å². The minimum absolute atomic E-state index is 0.843. The van der Waals surface area contributed by atoms with Crippen LogP contribution in [0.4, 0.5) is 17.1 Å². The first-order valence-corrected chi connectivity index (χ1v) is 12.1. The zero-order valence-corrected chi connectivity index (χ0v) is 20.8. The number of rotatable bonds is 12. The quantitative estimate of drug-likeness (QED) is 0.213. The molecular weight excluding hydrogens is 414 g/mol. The molecule has 0 saturated carbocycles. The number of anilines is 3. The normalized spacial score (nSPS) is 10.6. The Morgan fingerprint density at radius 3 is 2.15 bits per heavy atom. The van der Waals surface area contributed by atoms with Gasteiger partial charge in [0, 0.05) is 36.0 Å². The molecule has 3 aromatic rings. The van der Waals surface area contributed by atoms with E-state index in [-0.39, 0.29) is 0 Å². The lowest BCUT2D eigenvalue weighted by molar-refractivity contribution is 0.666. The smallest absolute Gasteiger partial charge is 0.0408 e. The van der Waals surface area contributed by atoms with Crippen molar-refractivity contribution in [2.45, 2.75) is 46.0 Å². The summed E-state index contributed by atoms with van der Waals surface area (Å²) in [6.45, 7) is 12.9. The Balaban J connectivity index is 1.74. The highest BCUT2D eigenvalue weighted by atomic mass is 15.1. The number of aryl methyl sites for hydroxylation is 1. The Kier molecular flexibility index (Phi) is 8.86. The van der Waals surface area contributed by atoms with E-state index in [1.165, 1.54) is 31.0 Å². The van der Waals surface area contributed by atoms with E-state index in [9.17, 15) is 0 Å². The number of benzene rings is 3. The van der Waals surface area contributed by atoms with E-state index < -0.39 is 0 Å². The molecule has 2 N–H and O–H groups in total. The topological polar surface area (TPSA) is 39.1 Å². The van der Waals surface area contributed by atoms with E-state index in [0.717, 1.165) is 57.9 Å². The summed E-state index contributed by atoms with van der Waals surface area (Å²) in [5, 5.41) is 11.2. The summed E-state index contributed by atoms with van der Waals surface area (Å²) >= 11 is 0. The summed E-state index contributed by atoms with van der Waals surface area (Å²) in [5.74, 6) is 0. The van der Waals surface area contributed by atoms with Crippen molar-refractivity contribution in [3.05, 3.63) is 108 Å². The van der Waals surface area contributed by atoms with Crippen LogP contribution in [0.15, 0.2) is 85.6 Å². The number of unbranched alkanes of at least 4 members (excludes halogenated alkanes) is 3. The summed E-state index contributed by atoms with van der Waals surface area (Å²) in [5.41, 5.74) is 9.34. The van der Waals surface area contributed by atoms with Crippen LogP contribution in [0.5, 0.6) is 0 Å². The van der Waals surface area contributed by atoms with E-state index in [4.69, 9.17) is 5.41 Å². The first-order valence-electron chi connectivity index (χ1n) is 12.1. The van der Waals surface area contributed by atoms with E-state index in [0.29, 0.717) is 0 Å². The van der Waals surface area contributed by atoms with Crippen LogP contribution >= 0.6 is 0 Å². The molecule has 0 atom stereocenters. The molecule has 34 heavy (non-hydrogen) atoms. The summed E-state index contributed by atoms with van der Waals surface area (Å²) in [6.07, 6.45) is 7.21. The molecule has 3 nitrogen and oxygen atoms in total. The third-order valence-electron chi connectivity index (χ3n) is 6.15. The van der Waals surface area contributed by atoms with Gasteiger partial charge in [0.1, 0.15) is 0 Å². The second-order valence-corrected chi connectivity index (χ2v) is 8.95. The minimum Gasteiger partial charge on any atom is -0.359 e.